The van der Waals surface area contributed by atoms with E-state index in [9.17, 15) is 30.0 Å². The molecule has 8 nitrogen and oxygen atoms in total. The Balaban J connectivity index is 2.06. The van der Waals surface area contributed by atoms with Crippen molar-refractivity contribution < 1.29 is 47.8 Å². The molecule has 2 fully saturated rings. The number of rotatable bonds is 4. The number of fused-ring (bicyclic) bond motifs is 1. The molecule has 2 heterocycles. The lowest BCUT2D eigenvalue weighted by Crippen LogP contribution is -2.38. The highest BCUT2D eigenvalue weighted by atomic mass is 32.2. The Labute approximate surface area is 118 Å². The quantitative estimate of drug-likeness (QED) is 0.484. The summed E-state index contributed by atoms with van der Waals surface area (Å²) in [6, 6.07) is 0. The fourth-order valence-electron chi connectivity index (χ4n) is 2.04. The zero-order valence-corrected chi connectivity index (χ0v) is 12.1. The monoisotopic (exact) mass is 356 g/mol. The lowest BCUT2D eigenvalue weighted by molar-refractivity contribution is -0.0627. The summed E-state index contributed by atoms with van der Waals surface area (Å²) < 4.78 is 99.3. The molecule has 13 heteroatoms. The highest BCUT2D eigenvalue weighted by molar-refractivity contribution is 7.87. The van der Waals surface area contributed by atoms with Gasteiger partial charge in [0.25, 0.3) is 10.1 Å². The van der Waals surface area contributed by atoms with Gasteiger partial charge < -0.3 is 9.47 Å². The molecule has 0 aromatic carbocycles. The van der Waals surface area contributed by atoms with Crippen LogP contribution < -0.4 is 0 Å². The Morgan fingerprint density at radius 1 is 0.952 bits per heavy atom. The van der Waals surface area contributed by atoms with Gasteiger partial charge in [-0.2, -0.15) is 30.0 Å². The predicted molar refractivity (Wildman–Crippen MR) is 59.0 cm³/mol. The average molecular weight is 356 g/mol. The summed E-state index contributed by atoms with van der Waals surface area (Å²) in [7, 11) is -9.61. The first-order valence-corrected chi connectivity index (χ1v) is 8.74. The molecule has 0 amide bonds. The summed E-state index contributed by atoms with van der Waals surface area (Å²) in [5.74, 6) is 0. The number of ether oxygens (including phenoxy) is 2. The van der Waals surface area contributed by atoms with E-state index >= 15 is 0 Å². The van der Waals surface area contributed by atoms with Crippen molar-refractivity contribution in [1.29, 1.82) is 0 Å². The molecule has 0 spiro atoms. The van der Waals surface area contributed by atoms with Gasteiger partial charge in [-0.25, -0.2) is 0 Å². The molecule has 2 aliphatic heterocycles. The van der Waals surface area contributed by atoms with Crippen LogP contribution in [0.3, 0.4) is 0 Å². The molecule has 0 aromatic heterocycles. The van der Waals surface area contributed by atoms with Gasteiger partial charge in [0.2, 0.25) is 0 Å². The minimum Gasteiger partial charge on any atom is -0.370 e. The van der Waals surface area contributed by atoms with Crippen LogP contribution in [0.5, 0.6) is 0 Å². The van der Waals surface area contributed by atoms with Gasteiger partial charge in [-0.1, -0.05) is 0 Å². The van der Waals surface area contributed by atoms with Gasteiger partial charge in [-0.15, -0.1) is 0 Å². The van der Waals surface area contributed by atoms with E-state index in [1.165, 1.54) is 0 Å². The van der Waals surface area contributed by atoms with E-state index in [4.69, 9.17) is 9.47 Å². The summed E-state index contributed by atoms with van der Waals surface area (Å²) in [6.45, 7) is -0.761. The van der Waals surface area contributed by atoms with Crippen molar-refractivity contribution in [3.8, 4) is 0 Å². The van der Waals surface area contributed by atoms with Crippen LogP contribution in [-0.4, -0.2) is 66.2 Å². The number of alkyl halides is 3. The van der Waals surface area contributed by atoms with Gasteiger partial charge >= 0.3 is 15.6 Å². The molecular weight excluding hydrogens is 345 g/mol. The molecular formula is C8H11F3O8S2. The van der Waals surface area contributed by atoms with Crippen LogP contribution in [0.15, 0.2) is 0 Å². The third-order valence-corrected chi connectivity index (χ3v) is 4.46. The van der Waals surface area contributed by atoms with Crippen molar-refractivity contribution in [3.63, 3.8) is 0 Å². The third kappa shape index (κ3) is 3.65. The van der Waals surface area contributed by atoms with E-state index in [1.807, 2.05) is 0 Å². The third-order valence-electron chi connectivity index (χ3n) is 2.79. The van der Waals surface area contributed by atoms with Gasteiger partial charge in [-0.3, -0.25) is 8.37 Å². The molecule has 0 N–H and O–H groups in total. The first kappa shape index (κ1) is 16.9. The summed E-state index contributed by atoms with van der Waals surface area (Å²) in [6.07, 6.45) is -3.97. The number of hydrogen-bond acceptors (Lipinski definition) is 8. The molecule has 4 atom stereocenters. The Morgan fingerprint density at radius 3 is 1.76 bits per heavy atom. The maximum Gasteiger partial charge on any atom is 0.523 e. The number of hydrogen-bond donors (Lipinski definition) is 0. The van der Waals surface area contributed by atoms with E-state index in [0.29, 0.717) is 0 Å². The topological polar surface area (TPSA) is 105 Å². The fourth-order valence-corrected chi connectivity index (χ4v) is 3.25. The van der Waals surface area contributed by atoms with Crippen molar-refractivity contribution in [2.24, 2.45) is 0 Å². The van der Waals surface area contributed by atoms with Crippen LogP contribution in [0.4, 0.5) is 13.2 Å². The minimum atomic E-state index is -5.79. The van der Waals surface area contributed by atoms with Crippen molar-refractivity contribution in [2.45, 2.75) is 29.9 Å². The van der Waals surface area contributed by atoms with Gasteiger partial charge in [0.1, 0.15) is 24.4 Å². The van der Waals surface area contributed by atoms with Gasteiger partial charge in [0, 0.05) is 0 Å². The summed E-state index contributed by atoms with van der Waals surface area (Å²) in [5, 5.41) is 0. The molecule has 2 rings (SSSR count). The van der Waals surface area contributed by atoms with Gasteiger partial charge in [0.05, 0.1) is 19.5 Å². The Kier molecular flexibility index (Phi) is 4.27. The second-order valence-corrected chi connectivity index (χ2v) is 7.63. The summed E-state index contributed by atoms with van der Waals surface area (Å²) in [4.78, 5) is 0. The van der Waals surface area contributed by atoms with Crippen molar-refractivity contribution >= 4 is 20.2 Å². The lowest BCUT2D eigenvalue weighted by Gasteiger charge is -2.17. The second kappa shape index (κ2) is 5.31. The van der Waals surface area contributed by atoms with Crippen LogP contribution in [0, 0.1) is 0 Å². The fraction of sp³-hybridized carbons (Fsp3) is 1.00. The van der Waals surface area contributed by atoms with E-state index < -0.39 is 56.8 Å². The summed E-state index contributed by atoms with van der Waals surface area (Å²) in [5.41, 5.74) is -5.56. The molecule has 124 valence electrons. The Hall–Kier alpha value is -0.470. The highest BCUT2D eigenvalue weighted by Crippen LogP contribution is 2.34. The second-order valence-electron chi connectivity index (χ2n) is 4.47. The lowest BCUT2D eigenvalue weighted by atomic mass is 10.1. The molecule has 0 aromatic rings. The minimum absolute atomic E-state index is 0.270. The van der Waals surface area contributed by atoms with Gasteiger partial charge in [0.15, 0.2) is 0 Å². The molecule has 0 unspecified atom stereocenters. The molecule has 0 bridgehead atoms. The van der Waals surface area contributed by atoms with Crippen molar-refractivity contribution in [1.82, 2.24) is 0 Å². The molecule has 2 saturated heterocycles. The molecule has 2 aliphatic rings. The van der Waals surface area contributed by atoms with Crippen LogP contribution >= 0.6 is 0 Å². The van der Waals surface area contributed by atoms with E-state index in [1.54, 1.807) is 0 Å². The Bertz CT molecular complexity index is 598. The predicted octanol–water partition coefficient (Wildman–Crippen LogP) is -0.636. The normalized spacial score (nSPS) is 34.1. The molecule has 21 heavy (non-hydrogen) atoms. The largest absolute Gasteiger partial charge is 0.523 e. The molecule has 0 aliphatic carbocycles. The van der Waals surface area contributed by atoms with E-state index in [-0.39, 0.29) is 6.61 Å². The van der Waals surface area contributed by atoms with E-state index in [0.717, 1.165) is 6.26 Å². The molecule has 0 saturated carbocycles. The zero-order chi connectivity index (χ0) is 16.1. The Morgan fingerprint density at radius 2 is 1.38 bits per heavy atom. The zero-order valence-electron chi connectivity index (χ0n) is 10.4. The molecule has 0 radical (unpaired) electrons. The standard InChI is InChI=1S/C8H11F3O8S2/c1-20(12,13)18-4-2-16-7-5(3-17-6(4)7)19-21(14,15)8(9,10)11/h4-7H,2-3H2,1H3/t4-,5-,6+,7+/m0/s1. The maximum absolute atomic E-state index is 12.2. The first-order chi connectivity index (χ1) is 9.41. The smallest absolute Gasteiger partial charge is 0.370 e. The van der Waals surface area contributed by atoms with Gasteiger partial charge in [-0.05, 0) is 0 Å². The highest BCUT2D eigenvalue weighted by Gasteiger charge is 2.55. The van der Waals surface area contributed by atoms with Crippen molar-refractivity contribution in [3.05, 3.63) is 0 Å². The van der Waals surface area contributed by atoms with E-state index in [2.05, 4.69) is 8.37 Å². The summed E-state index contributed by atoms with van der Waals surface area (Å²) >= 11 is 0. The van der Waals surface area contributed by atoms with Crippen LogP contribution in [0.1, 0.15) is 0 Å². The van der Waals surface area contributed by atoms with Crippen LogP contribution in [0.2, 0.25) is 0 Å². The maximum atomic E-state index is 12.2. The van der Waals surface area contributed by atoms with Crippen LogP contribution in [-0.2, 0) is 38.1 Å². The number of halogens is 3. The first-order valence-electron chi connectivity index (χ1n) is 5.52. The SMILES string of the molecule is CS(=O)(=O)O[C@H]1CO[C@H]2[C@@H]1OC[C@@H]2OS(=O)(=O)C(F)(F)F. The average Bonchev–Trinajstić information content (AvgIpc) is 2.79. The van der Waals surface area contributed by atoms with Crippen molar-refractivity contribution in [2.75, 3.05) is 19.5 Å². The van der Waals surface area contributed by atoms with Crippen LogP contribution in [0.25, 0.3) is 0 Å².